The molecule has 0 radical (unpaired) electrons. The predicted octanol–water partition coefficient (Wildman–Crippen LogP) is 3.99. The third-order valence-corrected chi connectivity index (χ3v) is 4.40. The number of carbonyl (C=O) groups is 1. The lowest BCUT2D eigenvalue weighted by Crippen LogP contribution is -2.38. The number of para-hydroxylation sites is 1. The van der Waals surface area contributed by atoms with E-state index in [9.17, 15) is 4.79 Å². The number of hydrogen-bond donors (Lipinski definition) is 1. The third-order valence-electron chi connectivity index (χ3n) is 4.40. The smallest absolute Gasteiger partial charge is 0.261 e. The van der Waals surface area contributed by atoms with E-state index in [4.69, 9.17) is 4.74 Å². The number of hydrogen-bond acceptors (Lipinski definition) is 2. The van der Waals surface area contributed by atoms with E-state index in [0.717, 1.165) is 16.9 Å². The molecule has 0 aromatic heterocycles. The van der Waals surface area contributed by atoms with E-state index in [1.807, 2.05) is 31.2 Å². The topological polar surface area (TPSA) is 38.3 Å². The van der Waals surface area contributed by atoms with Crippen LogP contribution >= 0.6 is 0 Å². The number of ether oxygens (including phenoxy) is 1. The van der Waals surface area contributed by atoms with Gasteiger partial charge < -0.3 is 10.1 Å². The Kier molecular flexibility index (Phi) is 4.37. The van der Waals surface area contributed by atoms with E-state index in [2.05, 4.69) is 43.4 Å². The quantitative estimate of drug-likeness (QED) is 0.927. The zero-order valence-corrected chi connectivity index (χ0v) is 13.9. The molecule has 1 heterocycles. The maximum absolute atomic E-state index is 12.4. The van der Waals surface area contributed by atoms with E-state index < -0.39 is 6.10 Å². The summed E-state index contributed by atoms with van der Waals surface area (Å²) < 4.78 is 5.74. The summed E-state index contributed by atoms with van der Waals surface area (Å²) in [6, 6.07) is 16.2. The molecule has 2 atom stereocenters. The van der Waals surface area contributed by atoms with Crippen molar-refractivity contribution in [3.8, 4) is 5.75 Å². The largest absolute Gasteiger partial charge is 0.480 e. The zero-order chi connectivity index (χ0) is 16.4. The van der Waals surface area contributed by atoms with Gasteiger partial charge in [0.15, 0.2) is 6.10 Å². The molecule has 120 valence electrons. The number of benzene rings is 2. The summed E-state index contributed by atoms with van der Waals surface area (Å²) in [6.45, 7) is 6.36. The molecule has 3 nitrogen and oxygen atoms in total. The molecule has 0 fully saturated rings. The minimum Gasteiger partial charge on any atom is -0.480 e. The Bertz CT molecular complexity index is 666. The van der Waals surface area contributed by atoms with Crippen LogP contribution in [-0.2, 0) is 11.2 Å². The number of amides is 1. The van der Waals surface area contributed by atoms with Gasteiger partial charge in [0.25, 0.3) is 5.91 Å². The zero-order valence-electron chi connectivity index (χ0n) is 13.9. The van der Waals surface area contributed by atoms with Gasteiger partial charge in [-0.05, 0) is 35.6 Å². The van der Waals surface area contributed by atoms with Crippen LogP contribution in [0.15, 0.2) is 48.5 Å². The Balaban J connectivity index is 1.62. The van der Waals surface area contributed by atoms with Gasteiger partial charge in [-0.3, -0.25) is 4.79 Å². The van der Waals surface area contributed by atoms with Gasteiger partial charge in [0.1, 0.15) is 5.75 Å². The molecule has 0 bridgehead atoms. The van der Waals surface area contributed by atoms with Crippen LogP contribution in [0.3, 0.4) is 0 Å². The van der Waals surface area contributed by atoms with Crippen LogP contribution in [0.5, 0.6) is 5.75 Å². The average Bonchev–Trinajstić information content (AvgIpc) is 2.99. The summed E-state index contributed by atoms with van der Waals surface area (Å²) in [4.78, 5) is 12.4. The lowest BCUT2D eigenvalue weighted by molar-refractivity contribution is -0.127. The van der Waals surface area contributed by atoms with Gasteiger partial charge in [0.05, 0.1) is 6.04 Å². The second-order valence-electron chi connectivity index (χ2n) is 6.47. The van der Waals surface area contributed by atoms with Crippen molar-refractivity contribution >= 4 is 5.91 Å². The summed E-state index contributed by atoms with van der Waals surface area (Å²) in [5.41, 5.74) is 3.52. The summed E-state index contributed by atoms with van der Waals surface area (Å²) in [5, 5.41) is 3.06. The number of carbonyl (C=O) groups excluding carboxylic acids is 1. The molecule has 0 aliphatic carbocycles. The minimum absolute atomic E-state index is 0.0315. The van der Waals surface area contributed by atoms with Gasteiger partial charge >= 0.3 is 0 Å². The SMILES string of the molecule is CC(C)c1ccc([C@@H](C)NC(=O)[C@@H]2Cc3ccccc3O2)cc1. The molecule has 0 saturated heterocycles. The first-order valence-electron chi connectivity index (χ1n) is 8.19. The average molecular weight is 309 g/mol. The van der Waals surface area contributed by atoms with Crippen molar-refractivity contribution in [2.24, 2.45) is 0 Å². The van der Waals surface area contributed by atoms with Gasteiger partial charge in [-0.15, -0.1) is 0 Å². The van der Waals surface area contributed by atoms with Crippen molar-refractivity contribution in [1.82, 2.24) is 5.32 Å². The molecule has 1 aliphatic rings. The monoisotopic (exact) mass is 309 g/mol. The molecule has 3 heteroatoms. The van der Waals surface area contributed by atoms with Crippen molar-refractivity contribution in [1.29, 1.82) is 0 Å². The third kappa shape index (κ3) is 3.39. The summed E-state index contributed by atoms with van der Waals surface area (Å²) in [6.07, 6.45) is 0.214. The van der Waals surface area contributed by atoms with Crippen LogP contribution in [0.25, 0.3) is 0 Å². The van der Waals surface area contributed by atoms with Gasteiger partial charge in [-0.25, -0.2) is 0 Å². The maximum Gasteiger partial charge on any atom is 0.261 e. The highest BCUT2D eigenvalue weighted by atomic mass is 16.5. The molecular weight excluding hydrogens is 286 g/mol. The molecule has 0 spiro atoms. The fourth-order valence-electron chi connectivity index (χ4n) is 2.89. The summed E-state index contributed by atoms with van der Waals surface area (Å²) in [7, 11) is 0. The Hall–Kier alpha value is -2.29. The standard InChI is InChI=1S/C20H23NO2/c1-13(2)15-8-10-16(11-9-15)14(3)21-20(22)19-12-17-6-4-5-7-18(17)23-19/h4-11,13-14,19H,12H2,1-3H3,(H,21,22)/t14-,19+/m1/s1. The number of fused-ring (bicyclic) bond motifs is 1. The predicted molar refractivity (Wildman–Crippen MR) is 91.7 cm³/mol. The second kappa shape index (κ2) is 6.45. The summed E-state index contributed by atoms with van der Waals surface area (Å²) >= 11 is 0. The maximum atomic E-state index is 12.4. The molecule has 1 N–H and O–H groups in total. The van der Waals surface area contributed by atoms with Crippen LogP contribution in [-0.4, -0.2) is 12.0 Å². The van der Waals surface area contributed by atoms with Gasteiger partial charge in [-0.1, -0.05) is 56.3 Å². The fourth-order valence-corrected chi connectivity index (χ4v) is 2.89. The molecule has 2 aromatic rings. The Morgan fingerprint density at radius 3 is 2.35 bits per heavy atom. The number of nitrogens with one attached hydrogen (secondary N) is 1. The molecule has 23 heavy (non-hydrogen) atoms. The highest BCUT2D eigenvalue weighted by Gasteiger charge is 2.29. The van der Waals surface area contributed by atoms with Crippen LogP contribution in [0.2, 0.25) is 0 Å². The van der Waals surface area contributed by atoms with Crippen LogP contribution in [0.1, 0.15) is 49.4 Å². The van der Waals surface area contributed by atoms with E-state index in [1.165, 1.54) is 5.56 Å². The van der Waals surface area contributed by atoms with Gasteiger partial charge in [-0.2, -0.15) is 0 Å². The molecule has 1 amide bonds. The molecule has 0 saturated carbocycles. The lowest BCUT2D eigenvalue weighted by atomic mass is 9.99. The molecular formula is C20H23NO2. The van der Waals surface area contributed by atoms with Crippen LogP contribution in [0, 0.1) is 0 Å². The van der Waals surface area contributed by atoms with Crippen LogP contribution < -0.4 is 10.1 Å². The lowest BCUT2D eigenvalue weighted by Gasteiger charge is -2.18. The van der Waals surface area contributed by atoms with Crippen molar-refractivity contribution in [2.45, 2.75) is 45.3 Å². The Labute approximate surface area is 137 Å². The Morgan fingerprint density at radius 1 is 1.04 bits per heavy atom. The molecule has 3 rings (SSSR count). The van der Waals surface area contributed by atoms with Crippen LogP contribution in [0.4, 0.5) is 0 Å². The Morgan fingerprint density at radius 2 is 1.70 bits per heavy atom. The van der Waals surface area contributed by atoms with Gasteiger partial charge in [0, 0.05) is 6.42 Å². The molecule has 1 aliphatic heterocycles. The molecule has 0 unspecified atom stereocenters. The van der Waals surface area contributed by atoms with E-state index in [0.29, 0.717) is 12.3 Å². The first-order chi connectivity index (χ1) is 11.0. The van der Waals surface area contributed by atoms with Crippen molar-refractivity contribution in [2.75, 3.05) is 0 Å². The fraction of sp³-hybridized carbons (Fsp3) is 0.350. The minimum atomic E-state index is -0.426. The van der Waals surface area contributed by atoms with Crippen molar-refractivity contribution < 1.29 is 9.53 Å². The van der Waals surface area contributed by atoms with Crippen molar-refractivity contribution in [3.63, 3.8) is 0 Å². The summed E-state index contributed by atoms with van der Waals surface area (Å²) in [5.74, 6) is 1.28. The van der Waals surface area contributed by atoms with E-state index in [1.54, 1.807) is 0 Å². The normalized spacial score (nSPS) is 17.5. The van der Waals surface area contributed by atoms with Crippen molar-refractivity contribution in [3.05, 3.63) is 65.2 Å². The first kappa shape index (κ1) is 15.6. The molecule has 2 aromatic carbocycles. The van der Waals surface area contributed by atoms with Gasteiger partial charge in [0.2, 0.25) is 0 Å². The highest BCUT2D eigenvalue weighted by molar-refractivity contribution is 5.82. The first-order valence-corrected chi connectivity index (χ1v) is 8.19. The second-order valence-corrected chi connectivity index (χ2v) is 6.47. The highest BCUT2D eigenvalue weighted by Crippen LogP contribution is 2.28. The van der Waals surface area contributed by atoms with E-state index in [-0.39, 0.29) is 11.9 Å². The number of rotatable bonds is 4. The van der Waals surface area contributed by atoms with E-state index >= 15 is 0 Å².